The minimum atomic E-state index is 0.0594. The number of methoxy groups -OCH3 is 1. The number of para-hydroxylation sites is 3. The third kappa shape index (κ3) is 4.77. The molecule has 3 aromatic rings. The second-order valence-corrected chi connectivity index (χ2v) is 8.67. The Morgan fingerprint density at radius 3 is 2.45 bits per heavy atom. The number of fused-ring (bicyclic) bond motifs is 1. The summed E-state index contributed by atoms with van der Waals surface area (Å²) < 4.78 is 7.67. The molecular formula is C26H33N3O2. The quantitative estimate of drug-likeness (QED) is 0.547. The average Bonchev–Trinajstić information content (AvgIpc) is 3.15. The van der Waals surface area contributed by atoms with Gasteiger partial charge in [0.2, 0.25) is 0 Å². The largest absolute Gasteiger partial charge is 0.495 e. The number of anilines is 1. The number of rotatable bonds is 8. The summed E-state index contributed by atoms with van der Waals surface area (Å²) in [6.45, 7) is 9.53. The van der Waals surface area contributed by atoms with E-state index in [0.29, 0.717) is 6.54 Å². The van der Waals surface area contributed by atoms with Crippen molar-refractivity contribution in [3.8, 4) is 5.75 Å². The molecule has 1 fully saturated rings. The lowest BCUT2D eigenvalue weighted by Gasteiger charge is -2.36. The fourth-order valence-corrected chi connectivity index (χ4v) is 4.39. The molecule has 0 radical (unpaired) electrons. The number of carbonyl (C=O) groups excluding carboxylic acids is 1. The molecule has 0 atom stereocenters. The van der Waals surface area contributed by atoms with Crippen molar-refractivity contribution in [3.63, 3.8) is 0 Å². The van der Waals surface area contributed by atoms with Crippen LogP contribution in [0.2, 0.25) is 0 Å². The SMILES string of the molecule is COc1ccccc1N1CCN(CCc2cn(CC(=O)C(C)C)c3ccccc23)CC1. The van der Waals surface area contributed by atoms with Gasteiger partial charge in [0.05, 0.1) is 19.3 Å². The molecule has 5 heteroatoms. The van der Waals surface area contributed by atoms with Crippen LogP contribution in [0, 0.1) is 5.92 Å². The summed E-state index contributed by atoms with van der Waals surface area (Å²) in [4.78, 5) is 17.3. The lowest BCUT2D eigenvalue weighted by molar-refractivity contribution is -0.122. The molecule has 2 heterocycles. The first-order valence-corrected chi connectivity index (χ1v) is 11.3. The monoisotopic (exact) mass is 419 g/mol. The minimum Gasteiger partial charge on any atom is -0.495 e. The molecule has 31 heavy (non-hydrogen) atoms. The van der Waals surface area contributed by atoms with E-state index in [1.807, 2.05) is 26.0 Å². The first-order valence-electron chi connectivity index (χ1n) is 11.3. The number of ether oxygens (including phenoxy) is 1. The molecule has 1 aliphatic heterocycles. The Balaban J connectivity index is 1.39. The standard InChI is InChI=1S/C26H33N3O2/c1-20(2)25(30)19-29-18-21(22-8-4-5-9-23(22)29)12-13-27-14-16-28(17-15-27)24-10-6-7-11-26(24)31-3/h4-11,18,20H,12-17,19H2,1-3H3. The van der Waals surface area contributed by atoms with Gasteiger partial charge in [0.1, 0.15) is 5.75 Å². The molecule has 0 amide bonds. The van der Waals surface area contributed by atoms with E-state index >= 15 is 0 Å². The predicted molar refractivity (Wildman–Crippen MR) is 127 cm³/mol. The van der Waals surface area contributed by atoms with E-state index in [1.54, 1.807) is 7.11 Å². The number of ketones is 1. The molecule has 164 valence electrons. The third-order valence-corrected chi connectivity index (χ3v) is 6.34. The first-order chi connectivity index (χ1) is 15.1. The number of carbonyl (C=O) groups is 1. The lowest BCUT2D eigenvalue weighted by atomic mass is 10.1. The molecule has 4 rings (SSSR count). The summed E-state index contributed by atoms with van der Waals surface area (Å²) in [6.07, 6.45) is 3.19. The van der Waals surface area contributed by atoms with E-state index < -0.39 is 0 Å². The maximum Gasteiger partial charge on any atom is 0.155 e. The van der Waals surface area contributed by atoms with Crippen molar-refractivity contribution < 1.29 is 9.53 Å². The van der Waals surface area contributed by atoms with Crippen LogP contribution in [-0.2, 0) is 17.8 Å². The van der Waals surface area contributed by atoms with E-state index in [4.69, 9.17) is 4.74 Å². The number of hydrogen-bond acceptors (Lipinski definition) is 4. The second kappa shape index (κ2) is 9.56. The van der Waals surface area contributed by atoms with Gasteiger partial charge in [-0.15, -0.1) is 0 Å². The molecule has 0 bridgehead atoms. The molecule has 1 aromatic heterocycles. The zero-order valence-electron chi connectivity index (χ0n) is 18.9. The highest BCUT2D eigenvalue weighted by Crippen LogP contribution is 2.28. The normalized spacial score (nSPS) is 15.0. The van der Waals surface area contributed by atoms with E-state index in [2.05, 4.69) is 57.0 Å². The lowest BCUT2D eigenvalue weighted by Crippen LogP contribution is -2.47. The summed E-state index contributed by atoms with van der Waals surface area (Å²) in [7, 11) is 1.74. The van der Waals surface area contributed by atoms with Crippen LogP contribution in [0.1, 0.15) is 19.4 Å². The van der Waals surface area contributed by atoms with Gasteiger partial charge in [0.15, 0.2) is 5.78 Å². The number of benzene rings is 2. The van der Waals surface area contributed by atoms with E-state index in [-0.39, 0.29) is 11.7 Å². The van der Waals surface area contributed by atoms with Crippen LogP contribution in [0.25, 0.3) is 10.9 Å². The number of nitrogens with zero attached hydrogens (tertiary/aromatic N) is 3. The van der Waals surface area contributed by atoms with Gasteiger partial charge in [-0.25, -0.2) is 0 Å². The van der Waals surface area contributed by atoms with Gasteiger partial charge in [0.25, 0.3) is 0 Å². The van der Waals surface area contributed by atoms with Crippen LogP contribution >= 0.6 is 0 Å². The van der Waals surface area contributed by atoms with Gasteiger partial charge in [-0.05, 0) is 30.2 Å². The van der Waals surface area contributed by atoms with Gasteiger partial charge >= 0.3 is 0 Å². The van der Waals surface area contributed by atoms with E-state index in [1.165, 1.54) is 16.6 Å². The Kier molecular flexibility index (Phi) is 6.62. The number of Topliss-reactive ketones (excluding diaryl/α,β-unsaturated/α-hetero) is 1. The molecule has 0 spiro atoms. The maximum atomic E-state index is 12.3. The minimum absolute atomic E-state index is 0.0594. The summed E-state index contributed by atoms with van der Waals surface area (Å²) in [5.74, 6) is 1.28. The molecule has 0 saturated carbocycles. The molecule has 1 aliphatic rings. The molecule has 2 aromatic carbocycles. The van der Waals surface area contributed by atoms with Crippen molar-refractivity contribution in [2.24, 2.45) is 5.92 Å². The fraction of sp³-hybridized carbons (Fsp3) is 0.423. The molecule has 1 saturated heterocycles. The van der Waals surface area contributed by atoms with Crippen LogP contribution in [-0.4, -0.2) is 55.1 Å². The average molecular weight is 420 g/mol. The summed E-state index contributed by atoms with van der Waals surface area (Å²) in [6, 6.07) is 16.7. The van der Waals surface area contributed by atoms with Crippen molar-refractivity contribution >= 4 is 22.4 Å². The Morgan fingerprint density at radius 1 is 1.00 bits per heavy atom. The topological polar surface area (TPSA) is 37.7 Å². The van der Waals surface area contributed by atoms with E-state index in [9.17, 15) is 4.79 Å². The van der Waals surface area contributed by atoms with Crippen molar-refractivity contribution in [3.05, 3.63) is 60.3 Å². The van der Waals surface area contributed by atoms with Crippen LogP contribution in [0.4, 0.5) is 5.69 Å². The van der Waals surface area contributed by atoms with Gasteiger partial charge in [-0.3, -0.25) is 9.69 Å². The van der Waals surface area contributed by atoms with Crippen molar-refractivity contribution in [2.75, 3.05) is 44.7 Å². The highest BCUT2D eigenvalue weighted by molar-refractivity contribution is 5.87. The van der Waals surface area contributed by atoms with E-state index in [0.717, 1.165) is 50.4 Å². The Labute approximate surface area is 185 Å². The Bertz CT molecular complexity index is 1030. The van der Waals surface area contributed by atoms with Gasteiger partial charge in [-0.1, -0.05) is 44.2 Å². The first kappa shape index (κ1) is 21.4. The number of piperazine rings is 1. The zero-order valence-corrected chi connectivity index (χ0v) is 18.9. The highest BCUT2D eigenvalue weighted by Gasteiger charge is 2.20. The van der Waals surface area contributed by atoms with Gasteiger partial charge in [0, 0.05) is 55.7 Å². The number of aromatic nitrogens is 1. The van der Waals surface area contributed by atoms with Crippen molar-refractivity contribution in [1.29, 1.82) is 0 Å². The Morgan fingerprint density at radius 2 is 1.71 bits per heavy atom. The second-order valence-electron chi connectivity index (χ2n) is 8.67. The Hall–Kier alpha value is -2.79. The molecule has 0 aliphatic carbocycles. The fourth-order valence-electron chi connectivity index (χ4n) is 4.39. The van der Waals surface area contributed by atoms with Crippen molar-refractivity contribution in [1.82, 2.24) is 9.47 Å². The predicted octanol–water partition coefficient (Wildman–Crippen LogP) is 4.24. The van der Waals surface area contributed by atoms with Crippen LogP contribution in [0.15, 0.2) is 54.7 Å². The third-order valence-electron chi connectivity index (χ3n) is 6.34. The van der Waals surface area contributed by atoms with Gasteiger partial charge in [-0.2, -0.15) is 0 Å². The van der Waals surface area contributed by atoms with Crippen LogP contribution < -0.4 is 9.64 Å². The zero-order chi connectivity index (χ0) is 21.8. The summed E-state index contributed by atoms with van der Waals surface area (Å²) in [5, 5.41) is 1.27. The maximum absolute atomic E-state index is 12.3. The van der Waals surface area contributed by atoms with Crippen molar-refractivity contribution in [2.45, 2.75) is 26.8 Å². The molecule has 0 unspecified atom stereocenters. The molecule has 0 N–H and O–H groups in total. The summed E-state index contributed by atoms with van der Waals surface area (Å²) >= 11 is 0. The number of hydrogen-bond donors (Lipinski definition) is 0. The van der Waals surface area contributed by atoms with Crippen LogP contribution in [0.3, 0.4) is 0 Å². The van der Waals surface area contributed by atoms with Crippen LogP contribution in [0.5, 0.6) is 5.75 Å². The molecular weight excluding hydrogens is 386 g/mol. The van der Waals surface area contributed by atoms with Gasteiger partial charge < -0.3 is 14.2 Å². The molecule has 5 nitrogen and oxygen atoms in total. The highest BCUT2D eigenvalue weighted by atomic mass is 16.5. The smallest absolute Gasteiger partial charge is 0.155 e. The summed E-state index contributed by atoms with van der Waals surface area (Å²) in [5.41, 5.74) is 3.68.